The van der Waals surface area contributed by atoms with Crippen LogP contribution in [-0.4, -0.2) is 41.6 Å². The van der Waals surface area contributed by atoms with Crippen molar-refractivity contribution in [1.29, 1.82) is 0 Å². The van der Waals surface area contributed by atoms with Crippen LogP contribution < -0.4 is 9.47 Å². The van der Waals surface area contributed by atoms with Gasteiger partial charge in [0.15, 0.2) is 18.2 Å². The van der Waals surface area contributed by atoms with Gasteiger partial charge in [0.05, 0.1) is 19.3 Å². The van der Waals surface area contributed by atoms with E-state index in [-0.39, 0.29) is 24.4 Å². The summed E-state index contributed by atoms with van der Waals surface area (Å²) in [7, 11) is 0. The van der Waals surface area contributed by atoms with Gasteiger partial charge in [0.25, 0.3) is 5.91 Å². The smallest absolute Gasteiger partial charge is 0.260 e. The summed E-state index contributed by atoms with van der Waals surface area (Å²) >= 11 is 0. The minimum Gasteiger partial charge on any atom is -0.484 e. The molecule has 0 radical (unpaired) electrons. The number of rotatable bonds is 5. The third-order valence-corrected chi connectivity index (χ3v) is 3.33. The molecule has 0 atom stereocenters. The summed E-state index contributed by atoms with van der Waals surface area (Å²) in [6.45, 7) is 0.825. The van der Waals surface area contributed by atoms with Crippen LogP contribution in [0, 0.1) is 5.82 Å². The summed E-state index contributed by atoms with van der Waals surface area (Å²) < 4.78 is 24.3. The van der Waals surface area contributed by atoms with E-state index in [1.807, 2.05) is 0 Å². The van der Waals surface area contributed by atoms with Gasteiger partial charge in [-0.1, -0.05) is 12.1 Å². The van der Waals surface area contributed by atoms with Crippen molar-refractivity contribution in [3.05, 3.63) is 54.6 Å². The number of hydrogen-bond donors (Lipinski definition) is 0. The number of benzene rings is 1. The van der Waals surface area contributed by atoms with Crippen LogP contribution in [0.15, 0.2) is 48.8 Å². The molecule has 1 aliphatic rings. The fraction of sp³-hybridized carbons (Fsp3) is 0.250. The van der Waals surface area contributed by atoms with Gasteiger partial charge in [-0.3, -0.25) is 9.78 Å². The van der Waals surface area contributed by atoms with Crippen LogP contribution in [0.2, 0.25) is 0 Å². The average Bonchev–Trinajstić information content (AvgIpc) is 2.51. The van der Waals surface area contributed by atoms with Crippen LogP contribution in [0.1, 0.15) is 0 Å². The van der Waals surface area contributed by atoms with E-state index in [0.29, 0.717) is 18.8 Å². The summed E-state index contributed by atoms with van der Waals surface area (Å²) in [6, 6.07) is 9.71. The summed E-state index contributed by atoms with van der Waals surface area (Å²) in [4.78, 5) is 17.4. The highest BCUT2D eigenvalue weighted by Gasteiger charge is 2.32. The number of aromatic nitrogens is 1. The first-order valence-electron chi connectivity index (χ1n) is 6.94. The molecule has 1 aromatic carbocycles. The van der Waals surface area contributed by atoms with Gasteiger partial charge in [0, 0.05) is 6.20 Å². The first kappa shape index (κ1) is 14.3. The van der Waals surface area contributed by atoms with Crippen LogP contribution in [0.4, 0.5) is 4.39 Å². The molecule has 114 valence electrons. The summed E-state index contributed by atoms with van der Waals surface area (Å²) in [6.07, 6.45) is 3.00. The van der Waals surface area contributed by atoms with Crippen molar-refractivity contribution in [2.24, 2.45) is 0 Å². The number of likely N-dealkylation sites (tertiary alicyclic amines) is 1. The Balaban J connectivity index is 1.43. The van der Waals surface area contributed by atoms with Crippen LogP contribution in [0.3, 0.4) is 0 Å². The first-order chi connectivity index (χ1) is 10.7. The fourth-order valence-corrected chi connectivity index (χ4v) is 2.11. The standard InChI is InChI=1S/C16H15FN2O3/c17-14-5-1-2-6-15(14)22-13-9-19(10-13)16(20)11-21-12-4-3-7-18-8-12/h1-8,13H,9-11H2. The number of halogens is 1. The Kier molecular flexibility index (Phi) is 4.18. The van der Waals surface area contributed by atoms with Gasteiger partial charge in [-0.05, 0) is 24.3 Å². The second-order valence-electron chi connectivity index (χ2n) is 4.95. The lowest BCUT2D eigenvalue weighted by molar-refractivity contribution is -0.142. The number of carbonyl (C=O) groups is 1. The van der Waals surface area contributed by atoms with E-state index in [0.717, 1.165) is 0 Å². The topological polar surface area (TPSA) is 51.7 Å². The predicted molar refractivity (Wildman–Crippen MR) is 77.1 cm³/mol. The van der Waals surface area contributed by atoms with E-state index in [1.165, 1.54) is 6.07 Å². The maximum atomic E-state index is 13.4. The zero-order chi connectivity index (χ0) is 15.4. The van der Waals surface area contributed by atoms with E-state index in [9.17, 15) is 9.18 Å². The maximum Gasteiger partial charge on any atom is 0.260 e. The molecule has 5 nitrogen and oxygen atoms in total. The molecule has 0 bridgehead atoms. The van der Waals surface area contributed by atoms with Gasteiger partial charge < -0.3 is 14.4 Å². The third-order valence-electron chi connectivity index (χ3n) is 3.33. The molecule has 1 saturated heterocycles. The quantitative estimate of drug-likeness (QED) is 0.846. The molecule has 1 amide bonds. The Labute approximate surface area is 127 Å². The number of hydrogen-bond acceptors (Lipinski definition) is 4. The van der Waals surface area contributed by atoms with Gasteiger partial charge in [0.1, 0.15) is 11.9 Å². The zero-order valence-electron chi connectivity index (χ0n) is 11.8. The van der Waals surface area contributed by atoms with Crippen molar-refractivity contribution in [2.45, 2.75) is 6.10 Å². The summed E-state index contributed by atoms with van der Waals surface area (Å²) in [5.74, 6) is 0.242. The van der Waals surface area contributed by atoms with E-state index in [2.05, 4.69) is 4.98 Å². The first-order valence-corrected chi connectivity index (χ1v) is 6.94. The lowest BCUT2D eigenvalue weighted by Crippen LogP contribution is -2.57. The molecule has 0 unspecified atom stereocenters. The van der Waals surface area contributed by atoms with Gasteiger partial charge in [-0.25, -0.2) is 4.39 Å². The minimum absolute atomic E-state index is 0.0435. The molecule has 0 spiro atoms. The van der Waals surface area contributed by atoms with Crippen LogP contribution in [0.25, 0.3) is 0 Å². The number of carbonyl (C=O) groups excluding carboxylic acids is 1. The second-order valence-corrected chi connectivity index (χ2v) is 4.95. The van der Waals surface area contributed by atoms with Gasteiger partial charge in [0.2, 0.25) is 0 Å². The van der Waals surface area contributed by atoms with E-state index >= 15 is 0 Å². The number of pyridine rings is 1. The van der Waals surface area contributed by atoms with Crippen molar-refractivity contribution >= 4 is 5.91 Å². The maximum absolute atomic E-state index is 13.4. The molecule has 2 aromatic rings. The summed E-state index contributed by atoms with van der Waals surface area (Å²) in [5.41, 5.74) is 0. The van der Waals surface area contributed by atoms with Crippen molar-refractivity contribution < 1.29 is 18.7 Å². The number of nitrogens with zero attached hydrogens (tertiary/aromatic N) is 2. The number of ether oxygens (including phenoxy) is 2. The molecule has 0 N–H and O–H groups in total. The largest absolute Gasteiger partial charge is 0.484 e. The Morgan fingerprint density at radius 2 is 2.09 bits per heavy atom. The molecule has 2 heterocycles. The van der Waals surface area contributed by atoms with Crippen molar-refractivity contribution in [3.8, 4) is 11.5 Å². The molecule has 1 aliphatic heterocycles. The van der Waals surface area contributed by atoms with Crippen molar-refractivity contribution in [1.82, 2.24) is 9.88 Å². The average molecular weight is 302 g/mol. The molecular weight excluding hydrogens is 287 g/mol. The highest BCUT2D eigenvalue weighted by Crippen LogP contribution is 2.21. The number of para-hydroxylation sites is 1. The lowest BCUT2D eigenvalue weighted by Gasteiger charge is -2.38. The third kappa shape index (κ3) is 3.33. The van der Waals surface area contributed by atoms with Crippen LogP contribution in [0.5, 0.6) is 11.5 Å². The molecule has 0 saturated carbocycles. The van der Waals surface area contributed by atoms with E-state index in [4.69, 9.17) is 9.47 Å². The molecule has 22 heavy (non-hydrogen) atoms. The van der Waals surface area contributed by atoms with Gasteiger partial charge in [-0.2, -0.15) is 0 Å². The van der Waals surface area contributed by atoms with E-state index in [1.54, 1.807) is 47.6 Å². The highest BCUT2D eigenvalue weighted by molar-refractivity contribution is 5.78. The monoisotopic (exact) mass is 302 g/mol. The molecule has 1 aromatic heterocycles. The SMILES string of the molecule is O=C(COc1cccnc1)N1CC(Oc2ccccc2F)C1. The molecule has 1 fully saturated rings. The van der Waals surface area contributed by atoms with Crippen LogP contribution >= 0.6 is 0 Å². The molecular formula is C16H15FN2O3. The predicted octanol–water partition coefficient (Wildman–Crippen LogP) is 1.89. The Bertz CT molecular complexity index is 645. The normalized spacial score (nSPS) is 14.3. The highest BCUT2D eigenvalue weighted by atomic mass is 19.1. The van der Waals surface area contributed by atoms with Gasteiger partial charge >= 0.3 is 0 Å². The van der Waals surface area contributed by atoms with Crippen molar-refractivity contribution in [3.63, 3.8) is 0 Å². The molecule has 0 aliphatic carbocycles. The Morgan fingerprint density at radius 1 is 1.27 bits per heavy atom. The van der Waals surface area contributed by atoms with Crippen LogP contribution in [-0.2, 0) is 4.79 Å². The number of amides is 1. The van der Waals surface area contributed by atoms with Gasteiger partial charge in [-0.15, -0.1) is 0 Å². The van der Waals surface area contributed by atoms with Crippen molar-refractivity contribution in [2.75, 3.05) is 19.7 Å². The fourth-order valence-electron chi connectivity index (χ4n) is 2.11. The second kappa shape index (κ2) is 6.43. The molecule has 6 heteroatoms. The molecule has 3 rings (SSSR count). The zero-order valence-corrected chi connectivity index (χ0v) is 11.8. The summed E-state index contributed by atoms with van der Waals surface area (Å²) in [5, 5.41) is 0. The Morgan fingerprint density at radius 3 is 2.82 bits per heavy atom. The lowest BCUT2D eigenvalue weighted by atomic mass is 10.1. The minimum atomic E-state index is -0.396. The van der Waals surface area contributed by atoms with E-state index < -0.39 is 5.82 Å². The Hall–Kier alpha value is -2.63.